The number of hydrogen-bond acceptors (Lipinski definition) is 3. The van der Waals surface area contributed by atoms with E-state index in [1.165, 1.54) is 16.1 Å². The number of rotatable bonds is 12. The van der Waals surface area contributed by atoms with Gasteiger partial charge in [0.15, 0.2) is 0 Å². The fraction of sp³-hybridized carbons (Fsp3) is 0.632. The Labute approximate surface area is 152 Å². The van der Waals surface area contributed by atoms with Crippen molar-refractivity contribution in [2.45, 2.75) is 58.9 Å². The van der Waals surface area contributed by atoms with Gasteiger partial charge in [0.25, 0.3) is 0 Å². The molecule has 0 aliphatic heterocycles. The summed E-state index contributed by atoms with van der Waals surface area (Å²) < 4.78 is 25.5. The van der Waals surface area contributed by atoms with Crippen LogP contribution in [0.5, 0.6) is 0 Å². The summed E-state index contributed by atoms with van der Waals surface area (Å²) in [6.07, 6.45) is 5.49. The van der Waals surface area contributed by atoms with Crippen LogP contribution in [0.3, 0.4) is 0 Å². The van der Waals surface area contributed by atoms with E-state index in [1.54, 1.807) is 0 Å². The van der Waals surface area contributed by atoms with Crippen molar-refractivity contribution in [3.63, 3.8) is 0 Å². The number of carboxylic acid groups (broad SMARTS) is 1. The molecule has 0 heterocycles. The first kappa shape index (κ1) is 21.6. The molecule has 0 saturated carbocycles. The normalized spacial score (nSPS) is 12.0. The molecule has 0 amide bonds. The minimum Gasteiger partial charge on any atom is -0.481 e. The van der Waals surface area contributed by atoms with E-state index in [1.807, 2.05) is 12.1 Å². The molecule has 25 heavy (non-hydrogen) atoms. The number of carbonyl (C=O) groups is 1. The standard InChI is InChI=1S/C19H31NO4S/c1-16(2)14-17-9-11-18(12-10-17)15-20(25(3,23)24)13-7-5-4-6-8-19(21)22/h9-12,16H,4-8,13-15H2,1-3H3,(H,21,22). The molecule has 1 aromatic rings. The summed E-state index contributed by atoms with van der Waals surface area (Å²) in [4.78, 5) is 10.5. The predicted octanol–water partition coefficient (Wildman–Crippen LogP) is 3.68. The molecule has 0 aromatic heterocycles. The third-order valence-electron chi connectivity index (χ3n) is 4.04. The van der Waals surface area contributed by atoms with Gasteiger partial charge in [-0.1, -0.05) is 51.0 Å². The number of carboxylic acids is 1. The zero-order valence-electron chi connectivity index (χ0n) is 15.6. The molecule has 0 saturated heterocycles. The maximum atomic E-state index is 12.0. The van der Waals surface area contributed by atoms with Crippen LogP contribution in [0.25, 0.3) is 0 Å². The van der Waals surface area contributed by atoms with Crippen molar-refractivity contribution in [1.82, 2.24) is 4.31 Å². The summed E-state index contributed by atoms with van der Waals surface area (Å²) in [5.74, 6) is -0.182. The fourth-order valence-corrected chi connectivity index (χ4v) is 3.58. The number of sulfonamides is 1. The average molecular weight is 370 g/mol. The maximum Gasteiger partial charge on any atom is 0.303 e. The molecule has 0 aliphatic carbocycles. The van der Waals surface area contributed by atoms with E-state index in [0.717, 1.165) is 31.2 Å². The summed E-state index contributed by atoms with van der Waals surface area (Å²) in [5, 5.41) is 8.61. The fourth-order valence-electron chi connectivity index (χ4n) is 2.74. The van der Waals surface area contributed by atoms with Crippen LogP contribution in [0, 0.1) is 5.92 Å². The van der Waals surface area contributed by atoms with Gasteiger partial charge in [-0.15, -0.1) is 0 Å². The SMILES string of the molecule is CC(C)Cc1ccc(CN(CCCCCCC(=O)O)S(C)(=O)=O)cc1. The molecular weight excluding hydrogens is 338 g/mol. The maximum absolute atomic E-state index is 12.0. The Morgan fingerprint density at radius 2 is 1.60 bits per heavy atom. The molecule has 5 nitrogen and oxygen atoms in total. The van der Waals surface area contributed by atoms with Gasteiger partial charge in [0.05, 0.1) is 6.26 Å². The zero-order valence-corrected chi connectivity index (χ0v) is 16.4. The van der Waals surface area contributed by atoms with Crippen molar-refractivity contribution in [3.8, 4) is 0 Å². The molecular formula is C19H31NO4S. The van der Waals surface area contributed by atoms with E-state index >= 15 is 0 Å². The van der Waals surface area contributed by atoms with Crippen LogP contribution < -0.4 is 0 Å². The molecule has 0 aliphatic rings. The van der Waals surface area contributed by atoms with E-state index in [-0.39, 0.29) is 6.42 Å². The zero-order chi connectivity index (χ0) is 18.9. The first-order chi connectivity index (χ1) is 11.7. The highest BCUT2D eigenvalue weighted by Gasteiger charge is 2.16. The Kier molecular flexibility index (Phi) is 9.14. The van der Waals surface area contributed by atoms with Crippen LogP contribution in [-0.2, 0) is 27.8 Å². The highest BCUT2D eigenvalue weighted by Crippen LogP contribution is 2.14. The minimum atomic E-state index is -3.26. The van der Waals surface area contributed by atoms with Gasteiger partial charge in [0.2, 0.25) is 10.0 Å². The van der Waals surface area contributed by atoms with Crippen LogP contribution >= 0.6 is 0 Å². The van der Waals surface area contributed by atoms with E-state index in [4.69, 9.17) is 5.11 Å². The molecule has 1 N–H and O–H groups in total. The van der Waals surface area contributed by atoms with Crippen molar-refractivity contribution in [3.05, 3.63) is 35.4 Å². The second-order valence-corrected chi connectivity index (χ2v) is 9.05. The summed E-state index contributed by atoms with van der Waals surface area (Å²) in [7, 11) is -3.26. The lowest BCUT2D eigenvalue weighted by Gasteiger charge is -2.20. The molecule has 0 fully saturated rings. The molecule has 142 valence electrons. The van der Waals surface area contributed by atoms with Gasteiger partial charge in [-0.05, 0) is 36.3 Å². The molecule has 0 bridgehead atoms. The summed E-state index contributed by atoms with van der Waals surface area (Å²) in [6, 6.07) is 8.15. The van der Waals surface area contributed by atoms with Gasteiger partial charge in [0, 0.05) is 19.5 Å². The molecule has 6 heteroatoms. The Hall–Kier alpha value is -1.40. The van der Waals surface area contributed by atoms with Gasteiger partial charge in [-0.2, -0.15) is 4.31 Å². The van der Waals surface area contributed by atoms with Crippen molar-refractivity contribution in [2.24, 2.45) is 5.92 Å². The minimum absolute atomic E-state index is 0.179. The number of aliphatic carboxylic acids is 1. The average Bonchev–Trinajstić information content (AvgIpc) is 2.49. The van der Waals surface area contributed by atoms with E-state index < -0.39 is 16.0 Å². The number of hydrogen-bond donors (Lipinski definition) is 1. The van der Waals surface area contributed by atoms with Crippen LogP contribution in [0.1, 0.15) is 57.1 Å². The van der Waals surface area contributed by atoms with Crippen molar-refractivity contribution < 1.29 is 18.3 Å². The summed E-state index contributed by atoms with van der Waals surface area (Å²) >= 11 is 0. The van der Waals surface area contributed by atoms with Gasteiger partial charge in [-0.25, -0.2) is 8.42 Å². The van der Waals surface area contributed by atoms with E-state index in [2.05, 4.69) is 26.0 Å². The Balaban J connectivity index is 2.52. The first-order valence-electron chi connectivity index (χ1n) is 8.93. The second kappa shape index (κ2) is 10.6. The Morgan fingerprint density at radius 3 is 2.12 bits per heavy atom. The van der Waals surface area contributed by atoms with Crippen molar-refractivity contribution >= 4 is 16.0 Å². The van der Waals surface area contributed by atoms with Gasteiger partial charge in [-0.3, -0.25) is 4.79 Å². The quantitative estimate of drug-likeness (QED) is 0.570. The largest absolute Gasteiger partial charge is 0.481 e. The van der Waals surface area contributed by atoms with Crippen LogP contribution in [0.4, 0.5) is 0 Å². The van der Waals surface area contributed by atoms with Gasteiger partial charge >= 0.3 is 5.97 Å². The Morgan fingerprint density at radius 1 is 1.04 bits per heavy atom. The molecule has 0 radical (unpaired) electrons. The van der Waals surface area contributed by atoms with E-state index in [0.29, 0.717) is 25.4 Å². The lowest BCUT2D eigenvalue weighted by atomic mass is 10.0. The van der Waals surface area contributed by atoms with Gasteiger partial charge in [0.1, 0.15) is 0 Å². The van der Waals surface area contributed by atoms with E-state index in [9.17, 15) is 13.2 Å². The molecule has 1 rings (SSSR count). The van der Waals surface area contributed by atoms with Crippen LogP contribution in [0.2, 0.25) is 0 Å². The van der Waals surface area contributed by atoms with Gasteiger partial charge < -0.3 is 5.11 Å². The van der Waals surface area contributed by atoms with Crippen LogP contribution in [-0.4, -0.2) is 36.6 Å². The van der Waals surface area contributed by atoms with Crippen LogP contribution in [0.15, 0.2) is 24.3 Å². The summed E-state index contributed by atoms with van der Waals surface area (Å²) in [5.41, 5.74) is 2.26. The highest BCUT2D eigenvalue weighted by atomic mass is 32.2. The third-order valence-corrected chi connectivity index (χ3v) is 5.29. The monoisotopic (exact) mass is 369 g/mol. The lowest BCUT2D eigenvalue weighted by Crippen LogP contribution is -2.30. The molecule has 0 unspecified atom stereocenters. The predicted molar refractivity (Wildman–Crippen MR) is 101 cm³/mol. The number of benzene rings is 1. The topological polar surface area (TPSA) is 74.7 Å². The molecule has 1 aromatic carbocycles. The van der Waals surface area contributed by atoms with Crippen molar-refractivity contribution in [1.29, 1.82) is 0 Å². The summed E-state index contributed by atoms with van der Waals surface area (Å²) in [6.45, 7) is 5.21. The first-order valence-corrected chi connectivity index (χ1v) is 10.8. The highest BCUT2D eigenvalue weighted by molar-refractivity contribution is 7.88. The molecule has 0 atom stereocenters. The lowest BCUT2D eigenvalue weighted by molar-refractivity contribution is -0.137. The van der Waals surface area contributed by atoms with Crippen molar-refractivity contribution in [2.75, 3.05) is 12.8 Å². The molecule has 0 spiro atoms. The second-order valence-electron chi connectivity index (χ2n) is 7.07. The number of nitrogens with zero attached hydrogens (tertiary/aromatic N) is 1. The number of unbranched alkanes of at least 4 members (excludes halogenated alkanes) is 3. The third kappa shape index (κ3) is 9.60. The smallest absolute Gasteiger partial charge is 0.303 e. The Bertz CT molecular complexity index is 623.